The summed E-state index contributed by atoms with van der Waals surface area (Å²) in [6.07, 6.45) is 6.66. The molecule has 1 atom stereocenters. The predicted octanol–water partition coefficient (Wildman–Crippen LogP) is 1.32. The third-order valence-electron chi connectivity index (χ3n) is 2.68. The zero-order chi connectivity index (χ0) is 11.2. The molecule has 0 aromatic carbocycles. The van der Waals surface area contributed by atoms with Crippen LogP contribution in [-0.4, -0.2) is 35.9 Å². The van der Waals surface area contributed by atoms with E-state index in [9.17, 15) is 0 Å². The first kappa shape index (κ1) is 11.8. The summed E-state index contributed by atoms with van der Waals surface area (Å²) in [5.74, 6) is 0.661. The summed E-state index contributed by atoms with van der Waals surface area (Å²) in [5, 5.41) is 4.30. The van der Waals surface area contributed by atoms with Gasteiger partial charge in [0.25, 0.3) is 0 Å². The Bertz CT molecular complexity index is 329. The first-order valence-corrected chi connectivity index (χ1v) is 6.75. The van der Waals surface area contributed by atoms with Crippen molar-refractivity contribution in [3.63, 3.8) is 0 Å². The van der Waals surface area contributed by atoms with E-state index in [0.717, 1.165) is 30.4 Å². The summed E-state index contributed by atoms with van der Waals surface area (Å²) in [4.78, 5) is 8.55. The number of hydrogen-bond donors (Lipinski definition) is 1. The Morgan fingerprint density at radius 3 is 3.12 bits per heavy atom. The minimum Gasteiger partial charge on any atom is -0.375 e. The first-order valence-electron chi connectivity index (χ1n) is 5.52. The Morgan fingerprint density at radius 2 is 2.38 bits per heavy atom. The SMILES string of the molecule is CSc1nccnc1COCC1CCNC1. The normalized spacial score (nSPS) is 20.2. The third-order valence-corrected chi connectivity index (χ3v) is 3.41. The van der Waals surface area contributed by atoms with Crippen molar-refractivity contribution >= 4 is 11.8 Å². The second-order valence-electron chi connectivity index (χ2n) is 3.89. The number of aromatic nitrogens is 2. The van der Waals surface area contributed by atoms with Gasteiger partial charge in [-0.3, -0.25) is 4.98 Å². The second-order valence-corrected chi connectivity index (χ2v) is 4.68. The number of hydrogen-bond acceptors (Lipinski definition) is 5. The summed E-state index contributed by atoms with van der Waals surface area (Å²) >= 11 is 1.61. The Kier molecular flexibility index (Phi) is 4.56. The van der Waals surface area contributed by atoms with Crippen molar-refractivity contribution in [3.8, 4) is 0 Å². The van der Waals surface area contributed by atoms with Gasteiger partial charge in [0, 0.05) is 18.9 Å². The molecule has 0 bridgehead atoms. The van der Waals surface area contributed by atoms with Crippen LogP contribution in [0.15, 0.2) is 17.4 Å². The van der Waals surface area contributed by atoms with Gasteiger partial charge in [0.2, 0.25) is 0 Å². The van der Waals surface area contributed by atoms with Crippen LogP contribution in [0.2, 0.25) is 0 Å². The molecule has 1 aliphatic heterocycles. The van der Waals surface area contributed by atoms with Crippen molar-refractivity contribution in [2.75, 3.05) is 26.0 Å². The van der Waals surface area contributed by atoms with E-state index in [0.29, 0.717) is 12.5 Å². The van der Waals surface area contributed by atoms with Gasteiger partial charge in [-0.2, -0.15) is 0 Å². The van der Waals surface area contributed by atoms with E-state index in [1.165, 1.54) is 6.42 Å². The van der Waals surface area contributed by atoms with E-state index in [-0.39, 0.29) is 0 Å². The van der Waals surface area contributed by atoms with Gasteiger partial charge < -0.3 is 10.1 Å². The van der Waals surface area contributed by atoms with E-state index in [4.69, 9.17) is 4.74 Å². The maximum Gasteiger partial charge on any atom is 0.120 e. The summed E-state index contributed by atoms with van der Waals surface area (Å²) in [6.45, 7) is 3.59. The molecule has 0 amide bonds. The lowest BCUT2D eigenvalue weighted by atomic mass is 10.1. The van der Waals surface area contributed by atoms with Gasteiger partial charge in [-0.1, -0.05) is 0 Å². The smallest absolute Gasteiger partial charge is 0.120 e. The molecule has 2 heterocycles. The third kappa shape index (κ3) is 3.17. The molecule has 1 aromatic heterocycles. The van der Waals surface area contributed by atoms with Crippen molar-refractivity contribution in [2.45, 2.75) is 18.1 Å². The van der Waals surface area contributed by atoms with Crippen molar-refractivity contribution in [2.24, 2.45) is 5.92 Å². The average molecular weight is 239 g/mol. The molecule has 1 N–H and O–H groups in total. The predicted molar refractivity (Wildman–Crippen MR) is 64.4 cm³/mol. The zero-order valence-corrected chi connectivity index (χ0v) is 10.3. The van der Waals surface area contributed by atoms with E-state index in [1.807, 2.05) is 6.26 Å². The van der Waals surface area contributed by atoms with Crippen molar-refractivity contribution < 1.29 is 4.74 Å². The molecule has 5 heteroatoms. The molecule has 1 unspecified atom stereocenters. The van der Waals surface area contributed by atoms with E-state index >= 15 is 0 Å². The molecule has 0 saturated carbocycles. The number of nitrogens with zero attached hydrogens (tertiary/aromatic N) is 2. The molecule has 0 spiro atoms. The van der Waals surface area contributed by atoms with Crippen LogP contribution in [-0.2, 0) is 11.3 Å². The average Bonchev–Trinajstić information content (AvgIpc) is 2.83. The molecular weight excluding hydrogens is 222 g/mol. The standard InChI is InChI=1S/C11H17N3OS/c1-16-11-10(13-4-5-14-11)8-15-7-9-2-3-12-6-9/h4-5,9,12H,2-3,6-8H2,1H3. The quantitative estimate of drug-likeness (QED) is 0.785. The van der Waals surface area contributed by atoms with Crippen LogP contribution in [0.25, 0.3) is 0 Å². The molecule has 88 valence electrons. The molecule has 16 heavy (non-hydrogen) atoms. The van der Waals surface area contributed by atoms with Gasteiger partial charge >= 0.3 is 0 Å². The van der Waals surface area contributed by atoms with Crippen molar-refractivity contribution in [1.29, 1.82) is 0 Å². The van der Waals surface area contributed by atoms with Crippen LogP contribution in [0.1, 0.15) is 12.1 Å². The highest BCUT2D eigenvalue weighted by molar-refractivity contribution is 7.98. The fraction of sp³-hybridized carbons (Fsp3) is 0.636. The summed E-state index contributed by atoms with van der Waals surface area (Å²) in [6, 6.07) is 0. The van der Waals surface area contributed by atoms with Gasteiger partial charge in [0.15, 0.2) is 0 Å². The van der Waals surface area contributed by atoms with Gasteiger partial charge in [-0.25, -0.2) is 4.98 Å². The molecule has 0 radical (unpaired) electrons. The van der Waals surface area contributed by atoms with Gasteiger partial charge in [0.1, 0.15) is 5.03 Å². The largest absolute Gasteiger partial charge is 0.375 e. The summed E-state index contributed by atoms with van der Waals surface area (Å²) in [5.41, 5.74) is 0.945. The lowest BCUT2D eigenvalue weighted by Gasteiger charge is -2.10. The van der Waals surface area contributed by atoms with Crippen LogP contribution in [0.3, 0.4) is 0 Å². The topological polar surface area (TPSA) is 47.0 Å². The lowest BCUT2D eigenvalue weighted by molar-refractivity contribution is 0.0884. The second kappa shape index (κ2) is 6.18. The maximum absolute atomic E-state index is 5.69. The summed E-state index contributed by atoms with van der Waals surface area (Å²) < 4.78 is 5.69. The van der Waals surface area contributed by atoms with Crippen LogP contribution in [0.4, 0.5) is 0 Å². The van der Waals surface area contributed by atoms with Crippen LogP contribution >= 0.6 is 11.8 Å². The minimum atomic E-state index is 0.570. The molecule has 0 aliphatic carbocycles. The van der Waals surface area contributed by atoms with Crippen LogP contribution in [0, 0.1) is 5.92 Å². The van der Waals surface area contributed by atoms with Crippen molar-refractivity contribution in [3.05, 3.63) is 18.1 Å². The van der Waals surface area contributed by atoms with Crippen LogP contribution in [0.5, 0.6) is 0 Å². The minimum absolute atomic E-state index is 0.570. The highest BCUT2D eigenvalue weighted by Gasteiger charge is 2.14. The molecule has 2 rings (SSSR count). The number of nitrogens with one attached hydrogen (secondary N) is 1. The maximum atomic E-state index is 5.69. The lowest BCUT2D eigenvalue weighted by Crippen LogP contribution is -2.14. The Balaban J connectivity index is 1.79. The number of ether oxygens (including phenoxy) is 1. The number of thioether (sulfide) groups is 1. The van der Waals surface area contributed by atoms with Gasteiger partial charge in [-0.15, -0.1) is 11.8 Å². The molecule has 1 saturated heterocycles. The Morgan fingerprint density at radius 1 is 1.50 bits per heavy atom. The van der Waals surface area contributed by atoms with Gasteiger partial charge in [0.05, 0.1) is 18.9 Å². The Hall–Kier alpha value is -0.650. The number of rotatable bonds is 5. The fourth-order valence-corrected chi connectivity index (χ4v) is 2.32. The zero-order valence-electron chi connectivity index (χ0n) is 9.48. The highest BCUT2D eigenvalue weighted by Crippen LogP contribution is 2.16. The van der Waals surface area contributed by atoms with Crippen LogP contribution < -0.4 is 5.32 Å². The van der Waals surface area contributed by atoms with E-state index in [2.05, 4.69) is 15.3 Å². The molecule has 1 aliphatic rings. The molecule has 4 nitrogen and oxygen atoms in total. The molecule has 1 aromatic rings. The van der Waals surface area contributed by atoms with Gasteiger partial charge in [-0.05, 0) is 25.1 Å². The fourth-order valence-electron chi connectivity index (χ4n) is 1.80. The Labute approximate surface area is 100 Å². The van der Waals surface area contributed by atoms with E-state index < -0.39 is 0 Å². The first-order chi connectivity index (χ1) is 7.90. The van der Waals surface area contributed by atoms with Crippen molar-refractivity contribution in [1.82, 2.24) is 15.3 Å². The molecule has 1 fully saturated rings. The van der Waals surface area contributed by atoms with E-state index in [1.54, 1.807) is 24.2 Å². The highest BCUT2D eigenvalue weighted by atomic mass is 32.2. The monoisotopic (exact) mass is 239 g/mol. The summed E-state index contributed by atoms with van der Waals surface area (Å²) in [7, 11) is 0. The molecular formula is C11H17N3OS.